The topological polar surface area (TPSA) is 76.1 Å². The lowest BCUT2D eigenvalue weighted by molar-refractivity contribution is -0.137. The minimum Gasteiger partial charge on any atom is -0.354 e. The molecule has 1 amide bonds. The second-order valence-corrected chi connectivity index (χ2v) is 4.35. The Hall–Kier alpha value is -1.95. The van der Waals surface area contributed by atoms with Crippen LogP contribution in [0.1, 0.15) is 18.3 Å². The molecule has 1 atom stereocenters. The van der Waals surface area contributed by atoms with E-state index in [1.54, 1.807) is 13.8 Å². The van der Waals surface area contributed by atoms with Gasteiger partial charge in [0, 0.05) is 5.70 Å². The van der Waals surface area contributed by atoms with Crippen LogP contribution in [-0.4, -0.2) is 22.5 Å². The molecular weight excluding hydrogens is 220 g/mol. The van der Waals surface area contributed by atoms with Gasteiger partial charge in [-0.1, -0.05) is 6.58 Å². The third-order valence-corrected chi connectivity index (χ3v) is 2.99. The SMILES string of the molecule is C=C1COC2(C)C(=O)Nc3nc(C)nc(c32)N1. The average molecular weight is 232 g/mol. The van der Waals surface area contributed by atoms with Crippen LogP contribution < -0.4 is 10.6 Å². The molecule has 0 bridgehead atoms. The summed E-state index contributed by atoms with van der Waals surface area (Å²) in [6.45, 7) is 7.57. The molecule has 0 saturated heterocycles. The summed E-state index contributed by atoms with van der Waals surface area (Å²) in [5.41, 5.74) is 0.297. The highest BCUT2D eigenvalue weighted by molar-refractivity contribution is 6.05. The average Bonchev–Trinajstić information content (AvgIpc) is 2.39. The summed E-state index contributed by atoms with van der Waals surface area (Å²) >= 11 is 0. The van der Waals surface area contributed by atoms with Gasteiger partial charge in [0.2, 0.25) is 0 Å². The molecule has 0 spiro atoms. The van der Waals surface area contributed by atoms with E-state index in [0.717, 1.165) is 0 Å². The predicted molar refractivity (Wildman–Crippen MR) is 61.5 cm³/mol. The first kappa shape index (κ1) is 10.2. The number of carbonyl (C=O) groups excluding carboxylic acids is 1. The van der Waals surface area contributed by atoms with Crippen LogP contribution in [0, 0.1) is 6.92 Å². The van der Waals surface area contributed by atoms with Crippen LogP contribution in [0.25, 0.3) is 0 Å². The number of carbonyl (C=O) groups is 1. The standard InChI is InChI=1S/C11H12N4O2/c1-5-4-17-11(3)7-8(12-5)13-6(2)14-9(7)15-10(11)16/h1,4H2,2-3H3,(H2,12,13,14,15,16). The van der Waals surface area contributed by atoms with Crippen molar-refractivity contribution in [2.75, 3.05) is 17.2 Å². The Morgan fingerprint density at radius 3 is 2.71 bits per heavy atom. The smallest absolute Gasteiger partial charge is 0.262 e. The van der Waals surface area contributed by atoms with Gasteiger partial charge in [-0.25, -0.2) is 9.97 Å². The van der Waals surface area contributed by atoms with Gasteiger partial charge in [0.15, 0.2) is 5.60 Å². The monoisotopic (exact) mass is 232 g/mol. The lowest BCUT2D eigenvalue weighted by Gasteiger charge is -2.20. The van der Waals surface area contributed by atoms with Crippen LogP contribution in [0.3, 0.4) is 0 Å². The van der Waals surface area contributed by atoms with Crippen molar-refractivity contribution in [1.82, 2.24) is 9.97 Å². The molecule has 6 nitrogen and oxygen atoms in total. The Bertz CT molecular complexity index is 555. The number of aromatic nitrogens is 2. The highest BCUT2D eigenvalue weighted by Gasteiger charge is 2.48. The summed E-state index contributed by atoms with van der Waals surface area (Å²) in [6, 6.07) is 0. The van der Waals surface area contributed by atoms with Crippen molar-refractivity contribution in [2.24, 2.45) is 0 Å². The van der Waals surface area contributed by atoms with E-state index in [1.165, 1.54) is 0 Å². The Kier molecular flexibility index (Phi) is 1.83. The maximum atomic E-state index is 12.0. The number of rotatable bonds is 0. The first-order valence-corrected chi connectivity index (χ1v) is 5.30. The summed E-state index contributed by atoms with van der Waals surface area (Å²) in [4.78, 5) is 20.5. The second-order valence-electron chi connectivity index (χ2n) is 4.35. The van der Waals surface area contributed by atoms with Crippen LogP contribution >= 0.6 is 0 Å². The number of nitrogens with one attached hydrogen (secondary N) is 2. The van der Waals surface area contributed by atoms with Gasteiger partial charge in [-0.2, -0.15) is 0 Å². The summed E-state index contributed by atoms with van der Waals surface area (Å²) in [5.74, 6) is 1.48. The molecule has 0 fully saturated rings. The van der Waals surface area contributed by atoms with E-state index in [1.807, 2.05) is 0 Å². The fourth-order valence-electron chi connectivity index (χ4n) is 2.12. The lowest BCUT2D eigenvalue weighted by Crippen LogP contribution is -2.33. The third-order valence-electron chi connectivity index (χ3n) is 2.99. The van der Waals surface area contributed by atoms with Gasteiger partial charge in [-0.05, 0) is 13.8 Å². The molecule has 6 heteroatoms. The van der Waals surface area contributed by atoms with E-state index in [-0.39, 0.29) is 12.5 Å². The molecule has 0 aliphatic carbocycles. The molecule has 0 saturated carbocycles. The second kappa shape index (κ2) is 3.04. The zero-order valence-corrected chi connectivity index (χ0v) is 9.63. The van der Waals surface area contributed by atoms with Gasteiger partial charge in [0.25, 0.3) is 5.91 Å². The van der Waals surface area contributed by atoms with Crippen molar-refractivity contribution >= 4 is 17.5 Å². The number of hydrogen-bond acceptors (Lipinski definition) is 5. The molecule has 17 heavy (non-hydrogen) atoms. The molecule has 2 aliphatic heterocycles. The molecule has 1 aromatic rings. The van der Waals surface area contributed by atoms with Gasteiger partial charge in [0.1, 0.15) is 17.5 Å². The molecule has 1 unspecified atom stereocenters. The summed E-state index contributed by atoms with van der Waals surface area (Å²) in [5, 5.41) is 5.78. The molecule has 2 N–H and O–H groups in total. The van der Waals surface area contributed by atoms with Crippen LogP contribution in [0.2, 0.25) is 0 Å². The van der Waals surface area contributed by atoms with E-state index < -0.39 is 5.60 Å². The Labute approximate surface area is 98.1 Å². The maximum Gasteiger partial charge on any atom is 0.262 e. The highest BCUT2D eigenvalue weighted by Crippen LogP contribution is 2.43. The van der Waals surface area contributed by atoms with E-state index in [4.69, 9.17) is 4.74 Å². The molecule has 0 aromatic carbocycles. The third kappa shape index (κ3) is 1.27. The quantitative estimate of drug-likeness (QED) is 0.695. The Morgan fingerprint density at radius 1 is 1.35 bits per heavy atom. The van der Waals surface area contributed by atoms with E-state index in [2.05, 4.69) is 27.2 Å². The van der Waals surface area contributed by atoms with Crippen molar-refractivity contribution in [3.63, 3.8) is 0 Å². The minimum absolute atomic E-state index is 0.217. The highest BCUT2D eigenvalue weighted by atomic mass is 16.5. The lowest BCUT2D eigenvalue weighted by atomic mass is 9.99. The molecule has 3 rings (SSSR count). The number of ether oxygens (including phenoxy) is 1. The van der Waals surface area contributed by atoms with Crippen LogP contribution in [0.4, 0.5) is 11.6 Å². The first-order valence-electron chi connectivity index (χ1n) is 5.30. The molecular formula is C11H12N4O2. The van der Waals surface area contributed by atoms with E-state index >= 15 is 0 Å². The van der Waals surface area contributed by atoms with E-state index in [9.17, 15) is 4.79 Å². The van der Waals surface area contributed by atoms with E-state index in [0.29, 0.717) is 28.7 Å². The molecule has 3 heterocycles. The zero-order chi connectivity index (χ0) is 12.2. The van der Waals surface area contributed by atoms with Gasteiger partial charge >= 0.3 is 0 Å². The largest absolute Gasteiger partial charge is 0.354 e. The Morgan fingerprint density at radius 2 is 2.00 bits per heavy atom. The molecule has 88 valence electrons. The summed E-state index contributed by atoms with van der Waals surface area (Å²) in [6.07, 6.45) is 0. The van der Waals surface area contributed by atoms with Crippen molar-refractivity contribution in [3.8, 4) is 0 Å². The van der Waals surface area contributed by atoms with Crippen LogP contribution in [0.15, 0.2) is 12.3 Å². The van der Waals surface area contributed by atoms with Crippen LogP contribution in [0.5, 0.6) is 0 Å². The minimum atomic E-state index is -1.04. The first-order chi connectivity index (χ1) is 8.00. The fraction of sp³-hybridized carbons (Fsp3) is 0.364. The van der Waals surface area contributed by atoms with Gasteiger partial charge in [-0.15, -0.1) is 0 Å². The number of hydrogen-bond donors (Lipinski definition) is 2. The molecule has 0 radical (unpaired) electrons. The fourth-order valence-corrected chi connectivity index (χ4v) is 2.12. The van der Waals surface area contributed by atoms with Crippen molar-refractivity contribution < 1.29 is 9.53 Å². The van der Waals surface area contributed by atoms with Gasteiger partial charge in [0.05, 0.1) is 12.2 Å². The summed E-state index contributed by atoms with van der Waals surface area (Å²) in [7, 11) is 0. The Balaban J connectivity index is 2.30. The number of anilines is 2. The van der Waals surface area contributed by atoms with Crippen molar-refractivity contribution in [2.45, 2.75) is 19.4 Å². The van der Waals surface area contributed by atoms with Gasteiger partial charge < -0.3 is 15.4 Å². The number of nitrogens with zero attached hydrogens (tertiary/aromatic N) is 2. The number of aryl methyl sites for hydroxylation is 1. The van der Waals surface area contributed by atoms with Crippen molar-refractivity contribution in [3.05, 3.63) is 23.7 Å². The van der Waals surface area contributed by atoms with Crippen molar-refractivity contribution in [1.29, 1.82) is 0 Å². The normalized spacial score (nSPS) is 26.0. The van der Waals surface area contributed by atoms with Gasteiger partial charge in [-0.3, -0.25) is 4.79 Å². The zero-order valence-electron chi connectivity index (χ0n) is 9.63. The number of amides is 1. The predicted octanol–water partition coefficient (Wildman–Crippen LogP) is 0.908. The summed E-state index contributed by atoms with van der Waals surface area (Å²) < 4.78 is 5.63. The maximum absolute atomic E-state index is 12.0. The molecule has 2 aliphatic rings. The molecule has 1 aromatic heterocycles. The van der Waals surface area contributed by atoms with Crippen LogP contribution in [-0.2, 0) is 15.1 Å².